The highest BCUT2D eigenvalue weighted by Crippen LogP contribution is 2.51. The van der Waals surface area contributed by atoms with E-state index in [4.69, 9.17) is 4.98 Å². The second-order valence-electron chi connectivity index (χ2n) is 11.5. The van der Waals surface area contributed by atoms with Crippen molar-refractivity contribution < 1.29 is 0 Å². The number of likely N-dealkylation sites (tertiary alicyclic amines) is 1. The van der Waals surface area contributed by atoms with E-state index in [0.717, 1.165) is 34.8 Å². The first kappa shape index (κ1) is 20.5. The van der Waals surface area contributed by atoms with Crippen LogP contribution in [0.2, 0.25) is 0 Å². The van der Waals surface area contributed by atoms with Gasteiger partial charge in [-0.1, -0.05) is 18.6 Å². The van der Waals surface area contributed by atoms with Crippen LogP contribution in [0.3, 0.4) is 0 Å². The fourth-order valence-corrected chi connectivity index (χ4v) is 7.59. The van der Waals surface area contributed by atoms with E-state index in [0.29, 0.717) is 11.5 Å². The van der Waals surface area contributed by atoms with Crippen LogP contribution in [0.25, 0.3) is 11.1 Å². The van der Waals surface area contributed by atoms with Gasteiger partial charge in [0.2, 0.25) is 0 Å². The smallest absolute Gasteiger partial charge is 0.126 e. The molecule has 2 aromatic rings. The molecule has 0 radical (unpaired) electrons. The van der Waals surface area contributed by atoms with Crippen LogP contribution in [0.5, 0.6) is 0 Å². The van der Waals surface area contributed by atoms with Gasteiger partial charge in [0.1, 0.15) is 5.82 Å². The number of allylic oxidation sites excluding steroid dienone is 2. The Morgan fingerprint density at radius 1 is 1.19 bits per heavy atom. The van der Waals surface area contributed by atoms with E-state index in [1.807, 2.05) is 17.9 Å². The summed E-state index contributed by atoms with van der Waals surface area (Å²) in [5, 5.41) is 8.19. The molecule has 3 unspecified atom stereocenters. The van der Waals surface area contributed by atoms with Gasteiger partial charge in [-0.3, -0.25) is 4.68 Å². The molecule has 3 fully saturated rings. The van der Waals surface area contributed by atoms with Crippen LogP contribution in [0, 0.1) is 30.1 Å². The quantitative estimate of drug-likeness (QED) is 0.673. The first-order chi connectivity index (χ1) is 15.4. The van der Waals surface area contributed by atoms with E-state index >= 15 is 0 Å². The van der Waals surface area contributed by atoms with Gasteiger partial charge in [-0.05, 0) is 80.8 Å². The fraction of sp³-hybridized carbons (Fsp3) is 0.630. The standard InChI is InChI=1S/C27H37N5/c1-18-8-20-6-7-27(11-18,12-20)17-32-14-22-9-24(10-23(22)15-32)29-26-5-4-21(13-28-26)25-16-31(3)30-19(25)2/h4-6,13,16,18,22-24H,7-12,14-15,17H2,1-3H3,(H,28,29)/t18?,22-,23+,24?,27?. The molecule has 170 valence electrons. The maximum atomic E-state index is 4.72. The Hall–Kier alpha value is -2.14. The van der Waals surface area contributed by atoms with E-state index in [9.17, 15) is 0 Å². The molecule has 6 rings (SSSR count). The summed E-state index contributed by atoms with van der Waals surface area (Å²) in [6.45, 7) is 8.46. The zero-order chi connectivity index (χ0) is 21.9. The Kier molecular flexibility index (Phi) is 4.94. The van der Waals surface area contributed by atoms with Crippen molar-refractivity contribution in [2.24, 2.45) is 30.2 Å². The van der Waals surface area contributed by atoms with E-state index in [1.165, 1.54) is 63.7 Å². The van der Waals surface area contributed by atoms with Crippen molar-refractivity contribution in [3.05, 3.63) is 41.9 Å². The van der Waals surface area contributed by atoms with Crippen LogP contribution in [0.4, 0.5) is 5.82 Å². The van der Waals surface area contributed by atoms with Crippen LogP contribution in [-0.2, 0) is 7.05 Å². The average Bonchev–Trinajstić information content (AvgIpc) is 3.45. The molecule has 1 N–H and O–H groups in total. The lowest BCUT2D eigenvalue weighted by atomic mass is 9.71. The average molecular weight is 432 g/mol. The first-order valence-electron chi connectivity index (χ1n) is 12.6. The van der Waals surface area contributed by atoms with Gasteiger partial charge in [0.05, 0.1) is 5.69 Å². The number of aromatic nitrogens is 3. The summed E-state index contributed by atoms with van der Waals surface area (Å²) in [6, 6.07) is 4.87. The highest BCUT2D eigenvalue weighted by molar-refractivity contribution is 5.65. The predicted octanol–water partition coefficient (Wildman–Crippen LogP) is 5.05. The van der Waals surface area contributed by atoms with Gasteiger partial charge in [-0.25, -0.2) is 4.98 Å². The van der Waals surface area contributed by atoms with Gasteiger partial charge in [-0.15, -0.1) is 0 Å². The van der Waals surface area contributed by atoms with Crippen LogP contribution < -0.4 is 5.32 Å². The zero-order valence-electron chi connectivity index (χ0n) is 19.8. The van der Waals surface area contributed by atoms with Crippen molar-refractivity contribution >= 4 is 5.82 Å². The van der Waals surface area contributed by atoms with Gasteiger partial charge in [0, 0.05) is 56.2 Å². The minimum Gasteiger partial charge on any atom is -0.367 e. The zero-order valence-corrected chi connectivity index (χ0v) is 19.8. The van der Waals surface area contributed by atoms with Gasteiger partial charge in [0.15, 0.2) is 0 Å². The Morgan fingerprint density at radius 3 is 2.69 bits per heavy atom. The van der Waals surface area contributed by atoms with E-state index in [1.54, 1.807) is 5.57 Å². The Morgan fingerprint density at radius 2 is 2.00 bits per heavy atom. The number of hydrogen-bond acceptors (Lipinski definition) is 4. The summed E-state index contributed by atoms with van der Waals surface area (Å²) in [5.41, 5.74) is 5.68. The molecule has 2 saturated carbocycles. The van der Waals surface area contributed by atoms with Crippen LogP contribution in [0.1, 0.15) is 51.1 Å². The van der Waals surface area contributed by atoms with Crippen molar-refractivity contribution in [1.82, 2.24) is 19.7 Å². The summed E-state index contributed by atoms with van der Waals surface area (Å²) < 4.78 is 1.87. The van der Waals surface area contributed by atoms with E-state index in [-0.39, 0.29) is 0 Å². The molecule has 5 nitrogen and oxygen atoms in total. The second-order valence-corrected chi connectivity index (χ2v) is 11.5. The molecule has 3 heterocycles. The lowest BCUT2D eigenvalue weighted by molar-refractivity contribution is 0.127. The summed E-state index contributed by atoms with van der Waals surface area (Å²) in [6.07, 6.45) is 14.7. The van der Waals surface area contributed by atoms with Crippen molar-refractivity contribution in [3.8, 4) is 11.1 Å². The Balaban J connectivity index is 1.03. The molecule has 1 aliphatic heterocycles. The summed E-state index contributed by atoms with van der Waals surface area (Å²) in [7, 11) is 1.97. The lowest BCUT2D eigenvalue weighted by Gasteiger charge is -2.39. The number of nitrogens with zero attached hydrogens (tertiary/aromatic N) is 4. The van der Waals surface area contributed by atoms with Crippen molar-refractivity contribution in [1.29, 1.82) is 0 Å². The summed E-state index contributed by atoms with van der Waals surface area (Å²) in [4.78, 5) is 7.55. The molecule has 2 aromatic heterocycles. The largest absolute Gasteiger partial charge is 0.367 e. The molecule has 3 aliphatic carbocycles. The molecule has 1 saturated heterocycles. The topological polar surface area (TPSA) is 46.0 Å². The molecular weight excluding hydrogens is 394 g/mol. The molecule has 2 bridgehead atoms. The SMILES string of the molecule is Cc1nn(C)cc1-c1ccc(NC2C[C@@H]3CN(CC45CC=C(CC(C)C4)C5)C[C@@H]3C2)nc1. The number of rotatable bonds is 5. The number of anilines is 1. The third-order valence-corrected chi connectivity index (χ3v) is 8.64. The van der Waals surface area contributed by atoms with Gasteiger partial charge in [-0.2, -0.15) is 5.10 Å². The number of hydrogen-bond donors (Lipinski definition) is 1. The number of pyridine rings is 1. The number of nitrogens with one attached hydrogen (secondary N) is 1. The lowest BCUT2D eigenvalue weighted by Crippen LogP contribution is -2.38. The third-order valence-electron chi connectivity index (χ3n) is 8.64. The maximum absolute atomic E-state index is 4.72. The highest BCUT2D eigenvalue weighted by Gasteiger charge is 2.46. The molecule has 0 aromatic carbocycles. The predicted molar refractivity (Wildman–Crippen MR) is 129 cm³/mol. The van der Waals surface area contributed by atoms with E-state index in [2.05, 4.69) is 53.6 Å². The normalized spacial score (nSPS) is 34.0. The fourth-order valence-electron chi connectivity index (χ4n) is 7.59. The van der Waals surface area contributed by atoms with Crippen molar-refractivity contribution in [2.45, 2.75) is 58.4 Å². The summed E-state index contributed by atoms with van der Waals surface area (Å²) in [5.74, 6) is 3.61. The Bertz CT molecular complexity index is 1010. The molecule has 4 aliphatic rings. The maximum Gasteiger partial charge on any atom is 0.126 e. The van der Waals surface area contributed by atoms with E-state index < -0.39 is 0 Å². The van der Waals surface area contributed by atoms with Crippen LogP contribution in [-0.4, -0.2) is 45.3 Å². The molecule has 0 amide bonds. The van der Waals surface area contributed by atoms with Crippen molar-refractivity contribution in [3.63, 3.8) is 0 Å². The van der Waals surface area contributed by atoms with Crippen LogP contribution in [0.15, 0.2) is 36.2 Å². The van der Waals surface area contributed by atoms with Crippen molar-refractivity contribution in [2.75, 3.05) is 25.0 Å². The van der Waals surface area contributed by atoms with Gasteiger partial charge in [0.25, 0.3) is 0 Å². The highest BCUT2D eigenvalue weighted by atomic mass is 15.2. The Labute approximate surface area is 192 Å². The minimum absolute atomic E-state index is 0.568. The molecule has 5 heteroatoms. The first-order valence-corrected chi connectivity index (χ1v) is 12.6. The molecule has 32 heavy (non-hydrogen) atoms. The second kappa shape index (κ2) is 7.72. The molecule has 5 atom stereocenters. The molecular formula is C27H37N5. The number of aryl methyl sites for hydroxylation is 2. The molecule has 0 spiro atoms. The number of fused-ring (bicyclic) bond motifs is 3. The van der Waals surface area contributed by atoms with Gasteiger partial charge < -0.3 is 10.2 Å². The minimum atomic E-state index is 0.568. The monoisotopic (exact) mass is 431 g/mol. The van der Waals surface area contributed by atoms with Gasteiger partial charge >= 0.3 is 0 Å². The summed E-state index contributed by atoms with van der Waals surface area (Å²) >= 11 is 0. The third kappa shape index (κ3) is 3.79. The van der Waals surface area contributed by atoms with Crippen LogP contribution >= 0.6 is 0 Å².